The van der Waals surface area contributed by atoms with Gasteiger partial charge in [-0.25, -0.2) is 18.7 Å². The van der Waals surface area contributed by atoms with Gasteiger partial charge in [0.1, 0.15) is 28.5 Å². The predicted octanol–water partition coefficient (Wildman–Crippen LogP) is 3.17. The van der Waals surface area contributed by atoms with Gasteiger partial charge in [-0.1, -0.05) is 30.3 Å². The number of aliphatic hydroxyl groups is 1. The largest absolute Gasteiger partial charge is 0.389 e. The SMILES string of the molecule is CC(C)(O)CNc1c(N)nc(-c2nn(Cc3ccccc3F)c3c(F)cccc23)nc1N. The quantitative estimate of drug-likeness (QED) is 0.363. The summed E-state index contributed by atoms with van der Waals surface area (Å²) >= 11 is 0. The molecule has 0 bridgehead atoms. The van der Waals surface area contributed by atoms with Crippen LogP contribution < -0.4 is 16.8 Å². The third-order valence-electron chi connectivity index (χ3n) is 4.87. The number of aromatic nitrogens is 4. The molecule has 166 valence electrons. The summed E-state index contributed by atoms with van der Waals surface area (Å²) in [5, 5.41) is 17.8. The minimum atomic E-state index is -1.00. The number of nitrogens with zero attached hydrogens (tertiary/aromatic N) is 4. The average Bonchev–Trinajstić information content (AvgIpc) is 3.08. The van der Waals surface area contributed by atoms with E-state index in [0.29, 0.717) is 10.9 Å². The number of fused-ring (bicyclic) bond motifs is 1. The number of nitrogens with one attached hydrogen (secondary N) is 1. The van der Waals surface area contributed by atoms with Crippen LogP contribution in [0.1, 0.15) is 19.4 Å². The van der Waals surface area contributed by atoms with E-state index in [9.17, 15) is 13.9 Å². The van der Waals surface area contributed by atoms with Crippen LogP contribution in [0.25, 0.3) is 22.4 Å². The van der Waals surface area contributed by atoms with Gasteiger partial charge in [0.15, 0.2) is 17.5 Å². The molecule has 0 aliphatic rings. The van der Waals surface area contributed by atoms with Crippen LogP contribution >= 0.6 is 0 Å². The molecule has 0 aliphatic carbocycles. The molecule has 0 radical (unpaired) electrons. The highest BCUT2D eigenvalue weighted by molar-refractivity contribution is 5.93. The molecule has 0 unspecified atom stereocenters. The molecule has 32 heavy (non-hydrogen) atoms. The first-order chi connectivity index (χ1) is 15.1. The van der Waals surface area contributed by atoms with Crippen molar-refractivity contribution in [3.05, 3.63) is 59.7 Å². The fourth-order valence-corrected chi connectivity index (χ4v) is 3.35. The number of rotatable bonds is 6. The highest BCUT2D eigenvalue weighted by atomic mass is 19.1. The van der Waals surface area contributed by atoms with E-state index in [-0.39, 0.29) is 47.4 Å². The van der Waals surface area contributed by atoms with Gasteiger partial charge in [-0.05, 0) is 26.0 Å². The van der Waals surface area contributed by atoms with E-state index < -0.39 is 17.2 Å². The summed E-state index contributed by atoms with van der Waals surface area (Å²) in [6.07, 6.45) is 0. The van der Waals surface area contributed by atoms with E-state index in [1.165, 1.54) is 16.8 Å². The first-order valence-corrected chi connectivity index (χ1v) is 9.92. The van der Waals surface area contributed by atoms with Gasteiger partial charge in [0.25, 0.3) is 0 Å². The maximum atomic E-state index is 14.7. The van der Waals surface area contributed by atoms with E-state index in [0.717, 1.165) is 0 Å². The Morgan fingerprint density at radius 2 is 1.66 bits per heavy atom. The van der Waals surface area contributed by atoms with Crippen LogP contribution in [-0.2, 0) is 6.54 Å². The lowest BCUT2D eigenvalue weighted by Crippen LogP contribution is -2.30. The van der Waals surface area contributed by atoms with Crippen molar-refractivity contribution in [1.82, 2.24) is 19.7 Å². The Balaban J connectivity index is 1.80. The van der Waals surface area contributed by atoms with E-state index in [2.05, 4.69) is 20.4 Å². The molecule has 0 saturated carbocycles. The third kappa shape index (κ3) is 4.17. The predicted molar refractivity (Wildman–Crippen MR) is 120 cm³/mol. The molecule has 0 saturated heterocycles. The van der Waals surface area contributed by atoms with Crippen LogP contribution in [0.4, 0.5) is 26.1 Å². The molecular weight excluding hydrogens is 416 g/mol. The molecule has 4 aromatic rings. The van der Waals surface area contributed by atoms with E-state index in [1.54, 1.807) is 44.2 Å². The summed E-state index contributed by atoms with van der Waals surface area (Å²) in [6.45, 7) is 3.45. The highest BCUT2D eigenvalue weighted by Crippen LogP contribution is 2.32. The van der Waals surface area contributed by atoms with Crippen LogP contribution in [0, 0.1) is 11.6 Å². The lowest BCUT2D eigenvalue weighted by molar-refractivity contribution is 0.0945. The number of halogens is 2. The Bertz CT molecular complexity index is 1270. The maximum absolute atomic E-state index is 14.7. The van der Waals surface area contributed by atoms with Crippen LogP contribution in [0.2, 0.25) is 0 Å². The van der Waals surface area contributed by atoms with Crippen LogP contribution in [0.15, 0.2) is 42.5 Å². The second-order valence-electron chi connectivity index (χ2n) is 8.09. The minimum absolute atomic E-state index is 0.0142. The molecule has 0 amide bonds. The zero-order chi connectivity index (χ0) is 23.0. The smallest absolute Gasteiger partial charge is 0.184 e. The molecule has 4 rings (SSSR count). The molecule has 6 N–H and O–H groups in total. The number of anilines is 3. The Kier molecular flexibility index (Phi) is 5.39. The molecule has 10 heteroatoms. The first kappa shape index (κ1) is 21.4. The molecule has 2 aromatic carbocycles. The second kappa shape index (κ2) is 8.04. The topological polar surface area (TPSA) is 128 Å². The summed E-state index contributed by atoms with van der Waals surface area (Å²) in [5.41, 5.74) is 12.3. The second-order valence-corrected chi connectivity index (χ2v) is 8.09. The fourth-order valence-electron chi connectivity index (χ4n) is 3.35. The van der Waals surface area contributed by atoms with E-state index in [4.69, 9.17) is 11.5 Å². The standard InChI is InChI=1S/C22H23F2N7O/c1-22(2,32)11-27-17-19(25)28-21(29-20(17)26)16-13-7-5-9-15(24)18(13)31(30-16)10-12-6-3-4-8-14(12)23/h3-9,27,32H,10-11H2,1-2H3,(H4,25,26,28,29). The van der Waals surface area contributed by atoms with Crippen molar-refractivity contribution < 1.29 is 13.9 Å². The summed E-state index contributed by atoms with van der Waals surface area (Å²) in [6, 6.07) is 10.8. The number of hydrogen-bond donors (Lipinski definition) is 4. The molecule has 8 nitrogen and oxygen atoms in total. The van der Waals surface area contributed by atoms with Gasteiger partial charge >= 0.3 is 0 Å². The monoisotopic (exact) mass is 439 g/mol. The average molecular weight is 439 g/mol. The summed E-state index contributed by atoms with van der Waals surface area (Å²) in [7, 11) is 0. The number of nitrogen functional groups attached to an aromatic ring is 2. The van der Waals surface area contributed by atoms with Crippen LogP contribution in [0.3, 0.4) is 0 Å². The van der Waals surface area contributed by atoms with Crippen molar-refractivity contribution in [2.45, 2.75) is 26.0 Å². The number of nitrogens with two attached hydrogens (primary N) is 2. The first-order valence-electron chi connectivity index (χ1n) is 9.92. The molecule has 2 heterocycles. The van der Waals surface area contributed by atoms with Crippen LogP contribution in [0.5, 0.6) is 0 Å². The van der Waals surface area contributed by atoms with Gasteiger partial charge in [-0.2, -0.15) is 5.10 Å². The van der Waals surface area contributed by atoms with E-state index >= 15 is 0 Å². The van der Waals surface area contributed by atoms with Crippen molar-refractivity contribution in [2.75, 3.05) is 23.3 Å². The lowest BCUT2D eigenvalue weighted by atomic mass is 10.1. The Morgan fingerprint density at radius 1 is 1.00 bits per heavy atom. The van der Waals surface area contributed by atoms with Crippen molar-refractivity contribution in [2.24, 2.45) is 0 Å². The van der Waals surface area contributed by atoms with Crippen molar-refractivity contribution in [1.29, 1.82) is 0 Å². The Morgan fingerprint density at radius 3 is 2.31 bits per heavy atom. The number of hydrogen-bond acceptors (Lipinski definition) is 7. The van der Waals surface area contributed by atoms with Gasteiger partial charge in [-0.3, -0.25) is 4.68 Å². The van der Waals surface area contributed by atoms with Gasteiger partial charge in [-0.15, -0.1) is 0 Å². The molecule has 0 atom stereocenters. The zero-order valence-electron chi connectivity index (χ0n) is 17.6. The zero-order valence-corrected chi connectivity index (χ0v) is 17.6. The van der Waals surface area contributed by atoms with Gasteiger partial charge in [0.05, 0.1) is 12.1 Å². The normalized spacial score (nSPS) is 11.8. The Hall–Kier alpha value is -3.79. The van der Waals surface area contributed by atoms with Crippen molar-refractivity contribution in [3.8, 4) is 11.5 Å². The van der Waals surface area contributed by atoms with Gasteiger partial charge < -0.3 is 21.9 Å². The lowest BCUT2D eigenvalue weighted by Gasteiger charge is -2.19. The molecule has 2 aromatic heterocycles. The minimum Gasteiger partial charge on any atom is -0.389 e. The molecule has 0 spiro atoms. The van der Waals surface area contributed by atoms with Crippen molar-refractivity contribution in [3.63, 3.8) is 0 Å². The maximum Gasteiger partial charge on any atom is 0.184 e. The molecule has 0 fully saturated rings. The highest BCUT2D eigenvalue weighted by Gasteiger charge is 2.21. The number of para-hydroxylation sites is 1. The summed E-state index contributed by atoms with van der Waals surface area (Å²) in [4.78, 5) is 8.59. The summed E-state index contributed by atoms with van der Waals surface area (Å²) < 4.78 is 30.3. The molecule has 0 aliphatic heterocycles. The number of benzene rings is 2. The van der Waals surface area contributed by atoms with Gasteiger partial charge in [0, 0.05) is 17.5 Å². The van der Waals surface area contributed by atoms with Crippen molar-refractivity contribution >= 4 is 28.2 Å². The van der Waals surface area contributed by atoms with E-state index in [1.807, 2.05) is 0 Å². The van der Waals surface area contributed by atoms with Crippen LogP contribution in [-0.4, -0.2) is 37.0 Å². The summed E-state index contributed by atoms with van der Waals surface area (Å²) in [5.74, 6) is -0.699. The fraction of sp³-hybridized carbons (Fsp3) is 0.227. The Labute approximate surface area is 182 Å². The molecular formula is C22H23F2N7O. The third-order valence-corrected chi connectivity index (χ3v) is 4.87. The van der Waals surface area contributed by atoms with Gasteiger partial charge in [0.2, 0.25) is 0 Å².